The minimum absolute atomic E-state index is 0.350. The van der Waals surface area contributed by atoms with Crippen LogP contribution in [0, 0.1) is 0 Å². The van der Waals surface area contributed by atoms with Crippen LogP contribution in [-0.4, -0.2) is 34.6 Å². The zero-order valence-corrected chi connectivity index (χ0v) is 19.7. The van der Waals surface area contributed by atoms with Crippen molar-refractivity contribution in [3.8, 4) is 22.8 Å². The zero-order valence-electron chi connectivity index (χ0n) is 19.7. The lowest BCUT2D eigenvalue weighted by Crippen LogP contribution is -2.19. The zero-order chi connectivity index (χ0) is 24.9. The second-order valence-electron chi connectivity index (χ2n) is 7.87. The molecule has 0 aliphatic heterocycles. The molecular formula is C27H24N6O3. The molecule has 0 saturated heterocycles. The Balaban J connectivity index is 1.37. The number of anilines is 4. The highest BCUT2D eigenvalue weighted by atomic mass is 16.5. The maximum Gasteiger partial charge on any atom is 0.323 e. The number of hydrogen-bond acceptors (Lipinski definition) is 6. The Hall–Kier alpha value is -5.05. The molecule has 0 aliphatic carbocycles. The van der Waals surface area contributed by atoms with Crippen molar-refractivity contribution in [1.82, 2.24) is 14.4 Å². The maximum atomic E-state index is 12.5. The maximum absolute atomic E-state index is 12.5. The second-order valence-corrected chi connectivity index (χ2v) is 7.87. The van der Waals surface area contributed by atoms with Crippen LogP contribution in [0.4, 0.5) is 27.7 Å². The predicted octanol–water partition coefficient (Wildman–Crippen LogP) is 5.80. The van der Waals surface area contributed by atoms with Crippen molar-refractivity contribution in [1.29, 1.82) is 0 Å². The normalized spacial score (nSPS) is 10.6. The molecule has 0 unspecified atom stereocenters. The molecule has 3 aromatic carbocycles. The first-order valence-corrected chi connectivity index (χ1v) is 11.2. The van der Waals surface area contributed by atoms with Gasteiger partial charge in [-0.1, -0.05) is 12.1 Å². The summed E-state index contributed by atoms with van der Waals surface area (Å²) in [5.74, 6) is 2.10. The fourth-order valence-corrected chi connectivity index (χ4v) is 3.69. The average Bonchev–Trinajstić information content (AvgIpc) is 3.39. The summed E-state index contributed by atoms with van der Waals surface area (Å²) < 4.78 is 12.3. The van der Waals surface area contributed by atoms with Gasteiger partial charge in [-0.2, -0.15) is 0 Å². The van der Waals surface area contributed by atoms with Crippen molar-refractivity contribution in [3.63, 3.8) is 0 Å². The number of carbonyl (C=O) groups excluding carboxylic acids is 1. The summed E-state index contributed by atoms with van der Waals surface area (Å²) in [5, 5.41) is 9.02. The highest BCUT2D eigenvalue weighted by Gasteiger charge is 2.11. The number of fused-ring (bicyclic) bond motifs is 1. The van der Waals surface area contributed by atoms with Crippen molar-refractivity contribution in [2.45, 2.75) is 0 Å². The summed E-state index contributed by atoms with van der Waals surface area (Å²) in [4.78, 5) is 21.8. The van der Waals surface area contributed by atoms with E-state index in [0.29, 0.717) is 22.8 Å². The van der Waals surface area contributed by atoms with Crippen molar-refractivity contribution in [2.75, 3.05) is 30.2 Å². The predicted molar refractivity (Wildman–Crippen MR) is 140 cm³/mol. The summed E-state index contributed by atoms with van der Waals surface area (Å²) in [6.07, 6.45) is 5.49. The van der Waals surface area contributed by atoms with Crippen LogP contribution in [0.25, 0.3) is 16.9 Å². The molecular weight excluding hydrogens is 456 g/mol. The van der Waals surface area contributed by atoms with E-state index in [1.165, 1.54) is 0 Å². The number of rotatable bonds is 7. The number of aromatic nitrogens is 3. The minimum atomic E-state index is -0.350. The van der Waals surface area contributed by atoms with Gasteiger partial charge in [0, 0.05) is 41.2 Å². The Morgan fingerprint density at radius 3 is 2.19 bits per heavy atom. The molecule has 2 heterocycles. The van der Waals surface area contributed by atoms with E-state index < -0.39 is 0 Å². The fourth-order valence-electron chi connectivity index (χ4n) is 3.69. The number of benzene rings is 3. The third kappa shape index (κ3) is 5.05. The highest BCUT2D eigenvalue weighted by molar-refractivity contribution is 6.00. The Morgan fingerprint density at radius 1 is 0.833 bits per heavy atom. The van der Waals surface area contributed by atoms with Gasteiger partial charge in [-0.15, -0.1) is 0 Å². The summed E-state index contributed by atoms with van der Waals surface area (Å²) in [6, 6.07) is 21.9. The molecule has 5 rings (SSSR count). The molecule has 0 spiro atoms. The molecule has 9 nitrogen and oxygen atoms in total. The first-order chi connectivity index (χ1) is 17.6. The molecule has 36 heavy (non-hydrogen) atoms. The molecule has 0 radical (unpaired) electrons. The van der Waals surface area contributed by atoms with Gasteiger partial charge in [0.1, 0.15) is 11.5 Å². The van der Waals surface area contributed by atoms with Crippen molar-refractivity contribution >= 4 is 34.6 Å². The number of amides is 2. The number of methoxy groups -OCH3 is 2. The van der Waals surface area contributed by atoms with Crippen LogP contribution in [-0.2, 0) is 0 Å². The Morgan fingerprint density at radius 2 is 1.50 bits per heavy atom. The number of carbonyl (C=O) groups is 1. The van der Waals surface area contributed by atoms with E-state index in [9.17, 15) is 4.79 Å². The molecule has 5 aromatic rings. The Labute approximate surface area is 207 Å². The average molecular weight is 481 g/mol. The van der Waals surface area contributed by atoms with E-state index >= 15 is 0 Å². The van der Waals surface area contributed by atoms with E-state index in [4.69, 9.17) is 14.5 Å². The molecule has 180 valence electrons. The molecule has 2 amide bonds. The Kier molecular flexibility index (Phi) is 6.35. The summed E-state index contributed by atoms with van der Waals surface area (Å²) in [5.41, 5.74) is 4.40. The fraction of sp³-hybridized carbons (Fsp3) is 0.0741. The van der Waals surface area contributed by atoms with Gasteiger partial charge in [-0.25, -0.2) is 14.8 Å². The molecule has 0 fully saturated rings. The quantitative estimate of drug-likeness (QED) is 0.272. The number of hydrogen-bond donors (Lipinski definition) is 3. The van der Waals surface area contributed by atoms with Crippen LogP contribution in [0.1, 0.15) is 0 Å². The monoisotopic (exact) mass is 480 g/mol. The molecule has 9 heteroatoms. The largest absolute Gasteiger partial charge is 0.497 e. The SMILES string of the molecule is COc1ccc(NC(=O)Nc2cccc(-c3cn4ccnc4c(Nc4ccc(OC)cc4)n3)c2)cc1. The van der Waals surface area contributed by atoms with Crippen molar-refractivity contribution in [3.05, 3.63) is 91.4 Å². The van der Waals surface area contributed by atoms with E-state index in [1.807, 2.05) is 65.3 Å². The van der Waals surface area contributed by atoms with E-state index in [1.54, 1.807) is 44.7 Å². The highest BCUT2D eigenvalue weighted by Crippen LogP contribution is 2.27. The summed E-state index contributed by atoms with van der Waals surface area (Å²) in [7, 11) is 3.23. The van der Waals surface area contributed by atoms with E-state index in [2.05, 4.69) is 20.9 Å². The van der Waals surface area contributed by atoms with Gasteiger partial charge in [-0.05, 0) is 60.7 Å². The van der Waals surface area contributed by atoms with Crippen molar-refractivity contribution in [2.24, 2.45) is 0 Å². The lowest BCUT2D eigenvalue weighted by Gasteiger charge is -2.12. The third-order valence-electron chi connectivity index (χ3n) is 5.49. The van der Waals surface area contributed by atoms with E-state index in [-0.39, 0.29) is 6.03 Å². The lowest BCUT2D eigenvalue weighted by molar-refractivity contribution is 0.262. The molecule has 0 saturated carbocycles. The van der Waals surface area contributed by atoms with Gasteiger partial charge in [-0.3, -0.25) is 0 Å². The van der Waals surface area contributed by atoms with Crippen LogP contribution in [0.5, 0.6) is 11.5 Å². The first kappa shape index (κ1) is 22.7. The smallest absolute Gasteiger partial charge is 0.323 e. The molecule has 0 bridgehead atoms. The van der Waals surface area contributed by atoms with Crippen molar-refractivity contribution < 1.29 is 14.3 Å². The van der Waals surface area contributed by atoms with Gasteiger partial charge < -0.3 is 29.8 Å². The van der Waals surface area contributed by atoms with Crippen LogP contribution < -0.4 is 25.4 Å². The second kappa shape index (κ2) is 10.1. The van der Waals surface area contributed by atoms with Gasteiger partial charge in [0.05, 0.1) is 19.9 Å². The number of ether oxygens (including phenoxy) is 2. The molecule has 3 N–H and O–H groups in total. The van der Waals surface area contributed by atoms with Gasteiger partial charge >= 0.3 is 6.03 Å². The number of nitrogens with one attached hydrogen (secondary N) is 3. The van der Waals surface area contributed by atoms with Crippen LogP contribution >= 0.6 is 0 Å². The Bertz CT molecular complexity index is 1500. The standard InChI is InChI=1S/C27H24N6O3/c1-35-22-10-6-19(7-11-22)29-25-26-28-14-15-33(26)17-24(32-25)18-4-3-5-21(16-18)31-27(34)30-20-8-12-23(36-2)13-9-20/h3-17H,1-2H3,(H,29,32)(H2,30,31,34). The van der Waals surface area contributed by atoms with Gasteiger partial charge in [0.25, 0.3) is 0 Å². The summed E-state index contributed by atoms with van der Waals surface area (Å²) in [6.45, 7) is 0. The van der Waals surface area contributed by atoms with Gasteiger partial charge in [0.2, 0.25) is 0 Å². The van der Waals surface area contributed by atoms with Crippen LogP contribution in [0.3, 0.4) is 0 Å². The lowest BCUT2D eigenvalue weighted by atomic mass is 10.1. The number of urea groups is 1. The van der Waals surface area contributed by atoms with E-state index in [0.717, 1.165) is 28.4 Å². The third-order valence-corrected chi connectivity index (χ3v) is 5.49. The van der Waals surface area contributed by atoms with Crippen LogP contribution in [0.15, 0.2) is 91.4 Å². The number of nitrogens with zero attached hydrogens (tertiary/aromatic N) is 3. The topological polar surface area (TPSA) is 102 Å². The van der Waals surface area contributed by atoms with Crippen LogP contribution in [0.2, 0.25) is 0 Å². The van der Waals surface area contributed by atoms with Gasteiger partial charge in [0.15, 0.2) is 11.5 Å². The minimum Gasteiger partial charge on any atom is -0.497 e. The molecule has 2 aromatic heterocycles. The summed E-state index contributed by atoms with van der Waals surface area (Å²) >= 11 is 0. The molecule has 0 aliphatic rings. The molecule has 0 atom stereocenters. The number of imidazole rings is 1. The first-order valence-electron chi connectivity index (χ1n) is 11.2.